The predicted octanol–water partition coefficient (Wildman–Crippen LogP) is 2.61. The minimum absolute atomic E-state index is 0.493. The van der Waals surface area contributed by atoms with Crippen LogP contribution in [-0.4, -0.2) is 0 Å². The van der Waals surface area contributed by atoms with E-state index in [0.717, 1.165) is 0 Å². The lowest BCUT2D eigenvalue weighted by Gasteiger charge is -1.93. The van der Waals surface area contributed by atoms with Crippen LogP contribution in [0.4, 0.5) is 5.69 Å². The lowest BCUT2D eigenvalue weighted by atomic mass is 10.2. The zero-order valence-corrected chi connectivity index (χ0v) is 6.73. The molecular weight excluding hydrogens is 162 g/mol. The van der Waals surface area contributed by atoms with Gasteiger partial charge in [-0.1, -0.05) is 29.2 Å². The van der Waals surface area contributed by atoms with E-state index in [9.17, 15) is 0 Å². The number of azide groups is 1. The van der Waals surface area contributed by atoms with Crippen LogP contribution in [0.2, 0.25) is 0 Å². The van der Waals surface area contributed by atoms with Crippen LogP contribution in [0.1, 0.15) is 5.56 Å². The van der Waals surface area contributed by atoms with Crippen LogP contribution in [0.15, 0.2) is 29.4 Å². The molecule has 1 aromatic carbocycles. The van der Waals surface area contributed by atoms with Crippen molar-refractivity contribution >= 4 is 5.69 Å². The van der Waals surface area contributed by atoms with Gasteiger partial charge in [-0.3, -0.25) is 0 Å². The summed E-state index contributed by atoms with van der Waals surface area (Å²) >= 11 is 0. The largest absolute Gasteiger partial charge is 0.106 e. The summed E-state index contributed by atoms with van der Waals surface area (Å²) in [6.45, 7) is 0. The van der Waals surface area contributed by atoms with Gasteiger partial charge in [-0.15, -0.1) is 6.42 Å². The van der Waals surface area contributed by atoms with E-state index in [4.69, 9.17) is 12.0 Å². The Kier molecular flexibility index (Phi) is 3.03. The predicted molar refractivity (Wildman–Crippen MR) is 51.0 cm³/mol. The molecule has 13 heavy (non-hydrogen) atoms. The molecule has 0 heterocycles. The lowest BCUT2D eigenvalue weighted by Crippen LogP contribution is -1.73. The van der Waals surface area contributed by atoms with Crippen LogP contribution in [0.5, 0.6) is 0 Å². The highest BCUT2D eigenvalue weighted by atomic mass is 15.1. The van der Waals surface area contributed by atoms with Gasteiger partial charge in [0.1, 0.15) is 0 Å². The van der Waals surface area contributed by atoms with Crippen molar-refractivity contribution in [3.05, 3.63) is 40.3 Å². The average Bonchev–Trinajstić information content (AvgIpc) is 2.17. The van der Waals surface area contributed by atoms with Gasteiger partial charge in [0.15, 0.2) is 0 Å². The van der Waals surface area contributed by atoms with Crippen molar-refractivity contribution < 1.29 is 0 Å². The van der Waals surface area contributed by atoms with E-state index in [1.54, 1.807) is 24.3 Å². The lowest BCUT2D eigenvalue weighted by molar-refractivity contribution is 1.45. The van der Waals surface area contributed by atoms with Crippen molar-refractivity contribution in [2.24, 2.45) is 5.11 Å². The second-order valence-electron chi connectivity index (χ2n) is 2.10. The molecule has 0 spiro atoms. The molecule has 0 unspecified atom stereocenters. The van der Waals surface area contributed by atoms with Crippen LogP contribution < -0.4 is 0 Å². The van der Waals surface area contributed by atoms with Crippen molar-refractivity contribution in [2.45, 2.75) is 0 Å². The highest BCUT2D eigenvalue weighted by Gasteiger charge is 1.93. The standard InChI is InChI=1S/C10H5N3/c1-2-3-6-9-7-4-5-8-10(9)12-13-11/h1,4-5,7-8H. The fourth-order valence-electron chi connectivity index (χ4n) is 0.818. The molecule has 0 aliphatic rings. The van der Waals surface area contributed by atoms with E-state index in [-0.39, 0.29) is 0 Å². The van der Waals surface area contributed by atoms with Crippen LogP contribution in [0.25, 0.3) is 10.4 Å². The summed E-state index contributed by atoms with van der Waals surface area (Å²) in [7, 11) is 0. The number of terminal acetylenes is 1. The number of hydrogen-bond donors (Lipinski definition) is 0. The maximum absolute atomic E-state index is 8.24. The molecule has 0 fully saturated rings. The molecule has 0 saturated carbocycles. The van der Waals surface area contributed by atoms with Crippen molar-refractivity contribution in [3.8, 4) is 24.2 Å². The summed E-state index contributed by atoms with van der Waals surface area (Å²) in [6.07, 6.45) is 4.97. The van der Waals surface area contributed by atoms with Crippen molar-refractivity contribution in [2.75, 3.05) is 0 Å². The molecule has 0 N–H and O–H groups in total. The quantitative estimate of drug-likeness (QED) is 0.267. The Hall–Kier alpha value is -2.35. The molecule has 3 heteroatoms. The van der Waals surface area contributed by atoms with E-state index >= 15 is 0 Å². The van der Waals surface area contributed by atoms with Gasteiger partial charge in [-0.05, 0) is 23.4 Å². The second-order valence-corrected chi connectivity index (χ2v) is 2.10. The molecule has 0 aromatic heterocycles. The number of hydrogen-bond acceptors (Lipinski definition) is 1. The normalized spacial score (nSPS) is 7.31. The zero-order chi connectivity index (χ0) is 9.52. The maximum Gasteiger partial charge on any atom is 0.0532 e. The monoisotopic (exact) mass is 167 g/mol. The Balaban J connectivity index is 3.21. The van der Waals surface area contributed by atoms with Gasteiger partial charge < -0.3 is 0 Å². The van der Waals surface area contributed by atoms with Crippen LogP contribution in [0, 0.1) is 24.2 Å². The first-order valence-electron chi connectivity index (χ1n) is 3.49. The summed E-state index contributed by atoms with van der Waals surface area (Å²) in [4.78, 5) is 2.68. The average molecular weight is 167 g/mol. The molecule has 3 nitrogen and oxygen atoms in total. The molecule has 60 valence electrons. The Bertz CT molecular complexity index is 451. The van der Waals surface area contributed by atoms with Gasteiger partial charge in [0.25, 0.3) is 0 Å². The third-order valence-corrected chi connectivity index (χ3v) is 1.33. The van der Waals surface area contributed by atoms with E-state index < -0.39 is 0 Å². The van der Waals surface area contributed by atoms with Crippen LogP contribution >= 0.6 is 0 Å². The summed E-state index contributed by atoms with van der Waals surface area (Å²) < 4.78 is 0. The minimum Gasteiger partial charge on any atom is -0.106 e. The van der Waals surface area contributed by atoms with Gasteiger partial charge >= 0.3 is 0 Å². The van der Waals surface area contributed by atoms with E-state index in [1.807, 2.05) is 0 Å². The van der Waals surface area contributed by atoms with Crippen molar-refractivity contribution in [1.29, 1.82) is 0 Å². The molecule has 1 rings (SSSR count). The summed E-state index contributed by atoms with van der Waals surface area (Å²) in [5.41, 5.74) is 9.37. The summed E-state index contributed by atoms with van der Waals surface area (Å²) in [6, 6.07) is 7.00. The van der Waals surface area contributed by atoms with Gasteiger partial charge in [-0.25, -0.2) is 0 Å². The van der Waals surface area contributed by atoms with Crippen LogP contribution in [0.3, 0.4) is 0 Å². The topological polar surface area (TPSA) is 48.8 Å². The van der Waals surface area contributed by atoms with E-state index in [1.165, 1.54) is 0 Å². The molecule has 0 amide bonds. The Labute approximate surface area is 76.0 Å². The number of rotatable bonds is 1. The summed E-state index contributed by atoms with van der Waals surface area (Å²) in [5.74, 6) is 7.34. The highest BCUT2D eigenvalue weighted by Crippen LogP contribution is 2.16. The molecule has 0 atom stereocenters. The van der Waals surface area contributed by atoms with Crippen molar-refractivity contribution in [3.63, 3.8) is 0 Å². The highest BCUT2D eigenvalue weighted by molar-refractivity contribution is 5.55. The fraction of sp³-hybridized carbons (Fsp3) is 0. The first-order valence-corrected chi connectivity index (χ1v) is 3.49. The Morgan fingerprint density at radius 2 is 2.15 bits per heavy atom. The molecular formula is C10H5N3. The third kappa shape index (κ3) is 2.31. The summed E-state index contributed by atoms with van der Waals surface area (Å²) in [5, 5.41) is 3.47. The SMILES string of the molecule is C#CC#Cc1ccccc1N=[N+]=[N-]. The first kappa shape index (κ1) is 8.74. The molecule has 0 aliphatic carbocycles. The Morgan fingerprint density at radius 1 is 1.38 bits per heavy atom. The molecule has 0 saturated heterocycles. The van der Waals surface area contributed by atoms with Gasteiger partial charge in [0, 0.05) is 10.5 Å². The van der Waals surface area contributed by atoms with Gasteiger partial charge in [0.05, 0.1) is 5.69 Å². The second kappa shape index (κ2) is 4.51. The van der Waals surface area contributed by atoms with Gasteiger partial charge in [-0.2, -0.15) is 0 Å². The van der Waals surface area contributed by atoms with Crippen molar-refractivity contribution in [1.82, 2.24) is 0 Å². The third-order valence-electron chi connectivity index (χ3n) is 1.33. The molecule has 1 aromatic rings. The molecule has 0 bridgehead atoms. The first-order chi connectivity index (χ1) is 6.38. The molecule has 0 radical (unpaired) electrons. The minimum atomic E-state index is 0.493. The van der Waals surface area contributed by atoms with E-state index in [2.05, 4.69) is 27.8 Å². The number of nitrogens with zero attached hydrogens (tertiary/aromatic N) is 3. The number of benzene rings is 1. The van der Waals surface area contributed by atoms with E-state index in [0.29, 0.717) is 11.3 Å². The zero-order valence-electron chi connectivity index (χ0n) is 6.73. The van der Waals surface area contributed by atoms with Gasteiger partial charge in [0.2, 0.25) is 0 Å². The van der Waals surface area contributed by atoms with Crippen LogP contribution in [-0.2, 0) is 0 Å². The Morgan fingerprint density at radius 3 is 2.85 bits per heavy atom. The smallest absolute Gasteiger partial charge is 0.0532 e. The fourth-order valence-corrected chi connectivity index (χ4v) is 0.818. The maximum atomic E-state index is 8.24. The molecule has 0 aliphatic heterocycles.